The summed E-state index contributed by atoms with van der Waals surface area (Å²) >= 11 is 5.68. The van der Waals surface area contributed by atoms with Crippen LogP contribution in [0.15, 0.2) is 36.4 Å². The van der Waals surface area contributed by atoms with Gasteiger partial charge in [0.2, 0.25) is 0 Å². The Kier molecular flexibility index (Phi) is 4.17. The molecule has 19 heavy (non-hydrogen) atoms. The van der Waals surface area contributed by atoms with E-state index in [0.29, 0.717) is 16.1 Å². The maximum Gasteiger partial charge on any atom is 0.128 e. The van der Waals surface area contributed by atoms with Crippen LogP contribution in [0, 0.1) is 18.6 Å². The molecule has 0 fully saturated rings. The second-order valence-electron chi connectivity index (χ2n) is 4.57. The fourth-order valence-corrected chi connectivity index (χ4v) is 2.13. The van der Waals surface area contributed by atoms with Gasteiger partial charge in [-0.15, -0.1) is 0 Å². The monoisotopic (exact) mass is 281 g/mol. The molecule has 100 valence electrons. The van der Waals surface area contributed by atoms with Crippen molar-refractivity contribution >= 4 is 11.6 Å². The van der Waals surface area contributed by atoms with Crippen LogP contribution < -0.4 is 5.73 Å². The van der Waals surface area contributed by atoms with E-state index in [1.807, 2.05) is 0 Å². The molecule has 0 aromatic heterocycles. The Balaban J connectivity index is 2.23. The molecular weight excluding hydrogens is 268 g/mol. The second-order valence-corrected chi connectivity index (χ2v) is 5.01. The van der Waals surface area contributed by atoms with Crippen LogP contribution in [0.1, 0.15) is 22.7 Å². The van der Waals surface area contributed by atoms with Crippen LogP contribution in [0.4, 0.5) is 8.78 Å². The van der Waals surface area contributed by atoms with Crippen LogP contribution in [0.5, 0.6) is 0 Å². The maximum atomic E-state index is 13.8. The molecule has 2 N–H and O–H groups in total. The number of nitrogens with two attached hydrogens (primary N) is 1. The van der Waals surface area contributed by atoms with Crippen LogP contribution in [0.3, 0.4) is 0 Å². The first kappa shape index (κ1) is 14.0. The standard InChI is InChI=1S/C15H14ClF2N/c1-9-2-5-12(14(18)6-9)15(19)7-10-3-4-11(16)8-13(10)17/h2-6,8,15H,7,19H2,1H3. The molecule has 0 heterocycles. The number of halogens is 3. The molecule has 0 saturated heterocycles. The van der Waals surface area contributed by atoms with Crippen LogP contribution in [0.2, 0.25) is 5.02 Å². The van der Waals surface area contributed by atoms with E-state index in [1.54, 1.807) is 31.2 Å². The van der Waals surface area contributed by atoms with E-state index in [-0.39, 0.29) is 12.2 Å². The van der Waals surface area contributed by atoms with Crippen LogP contribution in [-0.2, 0) is 6.42 Å². The van der Waals surface area contributed by atoms with E-state index >= 15 is 0 Å². The molecule has 4 heteroatoms. The third-order valence-corrected chi connectivity index (χ3v) is 3.25. The van der Waals surface area contributed by atoms with Gasteiger partial charge >= 0.3 is 0 Å². The fraction of sp³-hybridized carbons (Fsp3) is 0.200. The van der Waals surface area contributed by atoms with Gasteiger partial charge in [-0.05, 0) is 42.7 Å². The summed E-state index contributed by atoms with van der Waals surface area (Å²) in [4.78, 5) is 0. The minimum absolute atomic E-state index is 0.225. The summed E-state index contributed by atoms with van der Waals surface area (Å²) in [6.45, 7) is 1.80. The topological polar surface area (TPSA) is 26.0 Å². The predicted molar refractivity (Wildman–Crippen MR) is 73.2 cm³/mol. The molecule has 0 amide bonds. The minimum Gasteiger partial charge on any atom is -0.324 e. The SMILES string of the molecule is Cc1ccc(C(N)Cc2ccc(Cl)cc2F)c(F)c1. The van der Waals surface area contributed by atoms with Crippen molar-refractivity contribution in [1.82, 2.24) is 0 Å². The lowest BCUT2D eigenvalue weighted by Crippen LogP contribution is -2.15. The van der Waals surface area contributed by atoms with E-state index in [2.05, 4.69) is 0 Å². The molecule has 1 atom stereocenters. The molecule has 2 aromatic carbocycles. The van der Waals surface area contributed by atoms with Crippen LogP contribution >= 0.6 is 11.6 Å². The first-order chi connectivity index (χ1) is 8.97. The Labute approximate surface area is 116 Å². The van der Waals surface area contributed by atoms with Crippen molar-refractivity contribution in [3.05, 3.63) is 69.7 Å². The highest BCUT2D eigenvalue weighted by Gasteiger charge is 2.14. The molecule has 0 aliphatic heterocycles. The fourth-order valence-electron chi connectivity index (χ4n) is 1.97. The lowest BCUT2D eigenvalue weighted by molar-refractivity contribution is 0.563. The molecule has 1 nitrogen and oxygen atoms in total. The first-order valence-corrected chi connectivity index (χ1v) is 6.30. The highest BCUT2D eigenvalue weighted by atomic mass is 35.5. The van der Waals surface area contributed by atoms with E-state index in [0.717, 1.165) is 5.56 Å². The summed E-state index contributed by atoms with van der Waals surface area (Å²) in [5.41, 5.74) is 7.59. The maximum absolute atomic E-state index is 13.8. The molecule has 2 aromatic rings. The normalized spacial score (nSPS) is 12.5. The summed E-state index contributed by atoms with van der Waals surface area (Å²) in [6.07, 6.45) is 0.225. The van der Waals surface area contributed by atoms with Gasteiger partial charge in [-0.25, -0.2) is 8.78 Å². The van der Waals surface area contributed by atoms with Gasteiger partial charge in [0.1, 0.15) is 11.6 Å². The Morgan fingerprint density at radius 3 is 2.47 bits per heavy atom. The van der Waals surface area contributed by atoms with Crippen molar-refractivity contribution in [2.75, 3.05) is 0 Å². The largest absolute Gasteiger partial charge is 0.324 e. The molecular formula is C15H14ClF2N. The van der Waals surface area contributed by atoms with E-state index < -0.39 is 11.9 Å². The van der Waals surface area contributed by atoms with E-state index in [1.165, 1.54) is 12.1 Å². The number of rotatable bonds is 3. The summed E-state index contributed by atoms with van der Waals surface area (Å²) < 4.78 is 27.4. The molecule has 0 bridgehead atoms. The zero-order valence-electron chi connectivity index (χ0n) is 10.5. The molecule has 0 spiro atoms. The molecule has 2 rings (SSSR count). The zero-order valence-corrected chi connectivity index (χ0v) is 11.2. The first-order valence-electron chi connectivity index (χ1n) is 5.93. The zero-order chi connectivity index (χ0) is 14.0. The van der Waals surface area contributed by atoms with Crippen molar-refractivity contribution in [3.8, 4) is 0 Å². The van der Waals surface area contributed by atoms with Crippen molar-refractivity contribution < 1.29 is 8.78 Å². The molecule has 0 radical (unpaired) electrons. The average molecular weight is 282 g/mol. The molecule has 0 aliphatic carbocycles. The summed E-state index contributed by atoms with van der Waals surface area (Å²) in [5, 5.41) is 0.330. The van der Waals surface area contributed by atoms with E-state index in [4.69, 9.17) is 17.3 Å². The smallest absolute Gasteiger partial charge is 0.128 e. The lowest BCUT2D eigenvalue weighted by atomic mass is 9.98. The van der Waals surface area contributed by atoms with Gasteiger partial charge in [0.25, 0.3) is 0 Å². The van der Waals surface area contributed by atoms with E-state index in [9.17, 15) is 8.78 Å². The van der Waals surface area contributed by atoms with Crippen molar-refractivity contribution in [2.45, 2.75) is 19.4 Å². The minimum atomic E-state index is -0.587. The highest BCUT2D eigenvalue weighted by molar-refractivity contribution is 6.30. The average Bonchev–Trinajstić information content (AvgIpc) is 2.32. The Bertz CT molecular complexity index is 599. The lowest BCUT2D eigenvalue weighted by Gasteiger charge is -2.14. The van der Waals surface area contributed by atoms with Gasteiger partial charge in [-0.1, -0.05) is 29.8 Å². The van der Waals surface area contributed by atoms with Gasteiger partial charge in [-0.3, -0.25) is 0 Å². The predicted octanol–water partition coefficient (Wildman–Crippen LogP) is 4.17. The summed E-state index contributed by atoms with van der Waals surface area (Å²) in [6, 6.07) is 8.67. The number of benzene rings is 2. The Morgan fingerprint density at radius 1 is 1.11 bits per heavy atom. The van der Waals surface area contributed by atoms with Crippen molar-refractivity contribution in [2.24, 2.45) is 5.73 Å². The van der Waals surface area contributed by atoms with Crippen LogP contribution in [0.25, 0.3) is 0 Å². The number of hydrogen-bond acceptors (Lipinski definition) is 1. The van der Waals surface area contributed by atoms with Gasteiger partial charge < -0.3 is 5.73 Å². The molecule has 0 aliphatic rings. The molecule has 0 saturated carbocycles. The second kappa shape index (κ2) is 5.68. The van der Waals surface area contributed by atoms with Gasteiger partial charge in [-0.2, -0.15) is 0 Å². The Morgan fingerprint density at radius 2 is 1.84 bits per heavy atom. The quantitative estimate of drug-likeness (QED) is 0.898. The Hall–Kier alpha value is -1.45. The van der Waals surface area contributed by atoms with Gasteiger partial charge in [0.05, 0.1) is 0 Å². The van der Waals surface area contributed by atoms with Crippen molar-refractivity contribution in [3.63, 3.8) is 0 Å². The summed E-state index contributed by atoms with van der Waals surface area (Å²) in [5.74, 6) is -0.780. The van der Waals surface area contributed by atoms with Gasteiger partial charge in [0, 0.05) is 16.6 Å². The molecule has 1 unspecified atom stereocenters. The number of aryl methyl sites for hydroxylation is 1. The summed E-state index contributed by atoms with van der Waals surface area (Å²) in [7, 11) is 0. The highest BCUT2D eigenvalue weighted by Crippen LogP contribution is 2.23. The van der Waals surface area contributed by atoms with Crippen molar-refractivity contribution in [1.29, 1.82) is 0 Å². The third-order valence-electron chi connectivity index (χ3n) is 3.01. The third kappa shape index (κ3) is 3.31. The van der Waals surface area contributed by atoms with Gasteiger partial charge in [0.15, 0.2) is 0 Å². The number of hydrogen-bond donors (Lipinski definition) is 1. The van der Waals surface area contributed by atoms with Crippen LogP contribution in [-0.4, -0.2) is 0 Å².